The minimum Gasteiger partial charge on any atom is -0.311 e. The Kier molecular flexibility index (Phi) is 9.72. The van der Waals surface area contributed by atoms with E-state index < -0.39 is 0 Å². The average Bonchev–Trinajstić information content (AvgIpc) is 3.68. The number of anilines is 6. The summed E-state index contributed by atoms with van der Waals surface area (Å²) in [7, 11) is 0. The van der Waals surface area contributed by atoms with Gasteiger partial charge in [-0.25, -0.2) is 0 Å². The Morgan fingerprint density at radius 3 is 1.60 bits per heavy atom. The quantitative estimate of drug-likeness (QED) is 0.163. The molecule has 4 aliphatic carbocycles. The van der Waals surface area contributed by atoms with Crippen LogP contribution in [0.4, 0.5) is 34.1 Å². The maximum atomic E-state index is 2.78. The third kappa shape index (κ3) is 6.77. The van der Waals surface area contributed by atoms with Gasteiger partial charge in [0.2, 0.25) is 0 Å². The number of fused-ring (bicyclic) bond motifs is 9. The molecule has 0 atom stereocenters. The highest BCUT2D eigenvalue weighted by Gasteiger charge is 2.51. The van der Waals surface area contributed by atoms with Gasteiger partial charge in [-0.3, -0.25) is 0 Å². The van der Waals surface area contributed by atoms with Gasteiger partial charge in [-0.1, -0.05) is 158 Å². The van der Waals surface area contributed by atoms with Crippen molar-refractivity contribution < 1.29 is 0 Å². The van der Waals surface area contributed by atoms with Crippen LogP contribution in [0, 0.1) is 0 Å². The fourth-order valence-electron chi connectivity index (χ4n) is 13.6. The fourth-order valence-corrected chi connectivity index (χ4v) is 14.9. The Bertz CT molecular complexity index is 3300. The van der Waals surface area contributed by atoms with Gasteiger partial charge in [0.25, 0.3) is 6.71 Å². The van der Waals surface area contributed by atoms with Gasteiger partial charge in [0, 0.05) is 43.2 Å². The molecule has 3 heterocycles. The minimum absolute atomic E-state index is 0.0151. The number of rotatable bonds is 3. The summed E-state index contributed by atoms with van der Waals surface area (Å²) in [6.45, 7) is 36.5. The monoisotopic (exact) mass is 939 g/mol. The van der Waals surface area contributed by atoms with Gasteiger partial charge in [-0.05, 0) is 186 Å². The molecule has 13 rings (SSSR count). The highest BCUT2D eigenvalue weighted by molar-refractivity contribution is 7.33. The van der Waals surface area contributed by atoms with Crippen molar-refractivity contribution in [1.82, 2.24) is 0 Å². The number of thiophene rings is 1. The van der Waals surface area contributed by atoms with Gasteiger partial charge in [-0.2, -0.15) is 0 Å². The first-order valence-corrected chi connectivity index (χ1v) is 27.5. The fraction of sp³-hybridized carbons (Fsp3) is 0.424. The molecule has 2 aliphatic heterocycles. The lowest BCUT2D eigenvalue weighted by Crippen LogP contribution is -2.61. The Labute approximate surface area is 425 Å². The molecule has 0 unspecified atom stereocenters. The number of nitrogens with zero attached hydrogens (tertiary/aromatic N) is 2. The molecule has 0 radical (unpaired) electrons. The van der Waals surface area contributed by atoms with Crippen molar-refractivity contribution in [1.29, 1.82) is 0 Å². The highest BCUT2D eigenvalue weighted by Crippen LogP contribution is 2.59. The zero-order valence-corrected chi connectivity index (χ0v) is 45.8. The molecule has 6 aliphatic rings. The molecular formula is C66H75BN2S. The van der Waals surface area contributed by atoms with Crippen LogP contribution in [0.15, 0.2) is 109 Å². The molecule has 358 valence electrons. The van der Waals surface area contributed by atoms with Crippen molar-refractivity contribution >= 4 is 78.0 Å². The van der Waals surface area contributed by atoms with Crippen LogP contribution in [0.3, 0.4) is 0 Å². The van der Waals surface area contributed by atoms with Crippen LogP contribution < -0.4 is 25.5 Å². The van der Waals surface area contributed by atoms with Crippen LogP contribution in [0.5, 0.6) is 0 Å². The van der Waals surface area contributed by atoms with Gasteiger partial charge in [-0.15, -0.1) is 11.3 Å². The summed E-state index contributed by atoms with van der Waals surface area (Å²) in [5.41, 5.74) is 24.1. The van der Waals surface area contributed by atoms with E-state index in [1.807, 2.05) is 0 Å². The van der Waals surface area contributed by atoms with Crippen molar-refractivity contribution in [2.75, 3.05) is 9.80 Å². The second kappa shape index (κ2) is 14.8. The van der Waals surface area contributed by atoms with Crippen LogP contribution in [-0.4, -0.2) is 6.71 Å². The zero-order valence-electron chi connectivity index (χ0n) is 45.0. The standard InChI is InChI=1S/C66H75BN2S/c1-60(2,3)41-21-24-44(25-22-41)68-53-38-48-47(63(10,11)27-28-64(48,12)13)37-51(53)67-57-54(68)34-43(62(7,8)9)35-55(57)69(52-26-23-42(61(4,5)6)33-45(52)40-19-17-16-18-20-40)58-46-36-49-50(39-56(46)70-59(58)67)66(15)31-29-65(49,14)30-32-66/h16-26,33-39H,27-32H2,1-15H3. The summed E-state index contributed by atoms with van der Waals surface area (Å²) in [5.74, 6) is 0. The molecule has 1 fully saturated rings. The van der Waals surface area contributed by atoms with E-state index in [-0.39, 0.29) is 44.6 Å². The second-order valence-electron chi connectivity index (χ2n) is 27.5. The maximum Gasteiger partial charge on any atom is 0.264 e. The smallest absolute Gasteiger partial charge is 0.264 e. The van der Waals surface area contributed by atoms with Crippen LogP contribution in [0.1, 0.15) is 181 Å². The SMILES string of the molecule is CC(C)(C)c1ccc(N2c3cc4c(cc3B3c5sc6cc7c(cc6c5N(c5ccc(C(C)(C)C)cc5-c5ccccc5)c5cc(C(C)(C)C)cc2c53)C2(C)CCC7(C)CC2)C(C)(C)CCC4(C)C)cc1. The van der Waals surface area contributed by atoms with Gasteiger partial charge in [0.15, 0.2) is 0 Å². The topological polar surface area (TPSA) is 6.48 Å². The first-order valence-electron chi connectivity index (χ1n) is 26.7. The van der Waals surface area contributed by atoms with Crippen LogP contribution in [0.2, 0.25) is 0 Å². The Hall–Kier alpha value is -5.06. The number of benzene rings is 6. The highest BCUT2D eigenvalue weighted by atomic mass is 32.1. The lowest BCUT2D eigenvalue weighted by atomic mass is 9.35. The van der Waals surface area contributed by atoms with Crippen LogP contribution >= 0.6 is 11.3 Å². The molecule has 0 N–H and O–H groups in total. The lowest BCUT2D eigenvalue weighted by molar-refractivity contribution is 0.188. The van der Waals surface area contributed by atoms with E-state index >= 15 is 0 Å². The summed E-state index contributed by atoms with van der Waals surface area (Å²) in [5, 5.41) is 1.42. The minimum atomic E-state index is -0.117. The number of hydrogen-bond acceptors (Lipinski definition) is 3. The van der Waals surface area contributed by atoms with Gasteiger partial charge in [0.05, 0.1) is 11.4 Å². The summed E-state index contributed by atoms with van der Waals surface area (Å²) >= 11 is 2.10. The molecule has 7 aromatic rings. The molecule has 2 nitrogen and oxygen atoms in total. The predicted octanol–water partition coefficient (Wildman–Crippen LogP) is 17.0. The third-order valence-corrected chi connectivity index (χ3v) is 19.8. The molecule has 1 aromatic heterocycles. The molecule has 4 heteroatoms. The Balaban J connectivity index is 1.25. The van der Waals surface area contributed by atoms with Crippen molar-refractivity contribution in [2.24, 2.45) is 0 Å². The predicted molar refractivity (Wildman–Crippen MR) is 306 cm³/mol. The summed E-state index contributed by atoms with van der Waals surface area (Å²) < 4.78 is 2.92. The van der Waals surface area contributed by atoms with Crippen molar-refractivity contribution in [3.05, 3.63) is 148 Å². The van der Waals surface area contributed by atoms with Crippen molar-refractivity contribution in [3.8, 4) is 11.1 Å². The van der Waals surface area contributed by atoms with E-state index in [4.69, 9.17) is 0 Å². The van der Waals surface area contributed by atoms with Crippen LogP contribution in [0.25, 0.3) is 21.2 Å². The molecular weight excluding hydrogens is 864 g/mol. The molecule has 6 aromatic carbocycles. The average molecular weight is 939 g/mol. The first-order chi connectivity index (χ1) is 32.8. The lowest BCUT2D eigenvalue weighted by Gasteiger charge is -2.52. The van der Waals surface area contributed by atoms with Gasteiger partial charge >= 0.3 is 0 Å². The summed E-state index contributed by atoms with van der Waals surface area (Å²) in [6, 6.07) is 44.3. The largest absolute Gasteiger partial charge is 0.311 e. The maximum absolute atomic E-state index is 2.78. The second-order valence-corrected chi connectivity index (χ2v) is 28.6. The van der Waals surface area contributed by atoms with E-state index in [9.17, 15) is 0 Å². The molecule has 2 bridgehead atoms. The van der Waals surface area contributed by atoms with E-state index in [1.54, 1.807) is 11.1 Å². The van der Waals surface area contributed by atoms with Gasteiger partial charge < -0.3 is 9.80 Å². The normalized spacial score (nSPS) is 21.8. The summed E-state index contributed by atoms with van der Waals surface area (Å²) in [6.07, 6.45) is 7.47. The molecule has 0 spiro atoms. The Morgan fingerprint density at radius 2 is 1.01 bits per heavy atom. The summed E-state index contributed by atoms with van der Waals surface area (Å²) in [4.78, 5) is 5.47. The Morgan fingerprint density at radius 1 is 0.471 bits per heavy atom. The zero-order chi connectivity index (χ0) is 49.5. The van der Waals surface area contributed by atoms with Gasteiger partial charge in [0.1, 0.15) is 0 Å². The third-order valence-electron chi connectivity index (χ3n) is 18.6. The first kappa shape index (κ1) is 46.0. The van der Waals surface area contributed by atoms with E-state index in [2.05, 4.69) is 234 Å². The van der Waals surface area contributed by atoms with E-state index in [0.29, 0.717) is 0 Å². The molecule has 0 saturated heterocycles. The number of hydrogen-bond donors (Lipinski definition) is 0. The molecule has 1 saturated carbocycles. The van der Waals surface area contributed by atoms with E-state index in [1.165, 1.54) is 137 Å². The molecule has 70 heavy (non-hydrogen) atoms. The van der Waals surface area contributed by atoms with E-state index in [0.717, 1.165) is 0 Å². The molecule has 0 amide bonds. The van der Waals surface area contributed by atoms with Crippen molar-refractivity contribution in [3.63, 3.8) is 0 Å². The van der Waals surface area contributed by atoms with Crippen molar-refractivity contribution in [2.45, 2.75) is 180 Å². The van der Waals surface area contributed by atoms with Crippen LogP contribution in [-0.2, 0) is 37.9 Å².